The monoisotopic (exact) mass is 488 g/mol. The summed E-state index contributed by atoms with van der Waals surface area (Å²) in [5, 5.41) is 32.4. The van der Waals surface area contributed by atoms with Crippen LogP contribution >= 0.6 is 0 Å². The number of para-hydroxylation sites is 1. The molecule has 186 valence electrons. The van der Waals surface area contributed by atoms with Gasteiger partial charge < -0.3 is 15.1 Å². The number of nitrogens with one attached hydrogen (secondary N) is 1. The third kappa shape index (κ3) is 3.84. The van der Waals surface area contributed by atoms with Crippen molar-refractivity contribution in [2.45, 2.75) is 31.9 Å². The summed E-state index contributed by atoms with van der Waals surface area (Å²) in [5.41, 5.74) is 1.07. The number of benzene rings is 2. The van der Waals surface area contributed by atoms with Gasteiger partial charge in [0.05, 0.1) is 28.0 Å². The van der Waals surface area contributed by atoms with Crippen molar-refractivity contribution in [1.82, 2.24) is 24.8 Å². The first-order chi connectivity index (χ1) is 17.3. The molecule has 3 heterocycles. The lowest BCUT2D eigenvalue weighted by molar-refractivity contribution is -0.139. The van der Waals surface area contributed by atoms with E-state index in [1.165, 1.54) is 9.58 Å². The van der Waals surface area contributed by atoms with Crippen LogP contribution in [0.2, 0.25) is 0 Å². The van der Waals surface area contributed by atoms with Crippen molar-refractivity contribution in [3.05, 3.63) is 82.4 Å². The maximum atomic E-state index is 13.2. The van der Waals surface area contributed by atoms with Gasteiger partial charge in [0.1, 0.15) is 0 Å². The SMILES string of the molecule is C[C@@H](/C=C/CCn1cc(CCO)nn1)[C@]1(O)C(=O)N(C)c2ccc(-n3[nH]c4ccccc4c3=O)cc21. The Morgan fingerprint density at radius 2 is 2.00 bits per heavy atom. The molecule has 0 bridgehead atoms. The van der Waals surface area contributed by atoms with Gasteiger partial charge in [-0.1, -0.05) is 36.4 Å². The van der Waals surface area contributed by atoms with E-state index in [-0.39, 0.29) is 12.2 Å². The number of carbonyl (C=O) groups excluding carboxylic acids is 1. The maximum absolute atomic E-state index is 13.2. The van der Waals surface area contributed by atoms with Gasteiger partial charge in [0.25, 0.3) is 11.5 Å². The van der Waals surface area contributed by atoms with Crippen molar-refractivity contribution < 1.29 is 15.0 Å². The lowest BCUT2D eigenvalue weighted by Crippen LogP contribution is -2.43. The van der Waals surface area contributed by atoms with Gasteiger partial charge in [-0.15, -0.1) is 5.10 Å². The molecule has 2 aromatic heterocycles. The second-order valence-electron chi connectivity index (χ2n) is 9.08. The van der Waals surface area contributed by atoms with Crippen molar-refractivity contribution in [1.29, 1.82) is 0 Å². The molecule has 0 fully saturated rings. The van der Waals surface area contributed by atoms with Gasteiger partial charge in [-0.2, -0.15) is 0 Å². The average Bonchev–Trinajstić information content (AvgIpc) is 3.53. The van der Waals surface area contributed by atoms with Crippen molar-refractivity contribution in [2.75, 3.05) is 18.6 Å². The van der Waals surface area contributed by atoms with Crippen molar-refractivity contribution in [2.24, 2.45) is 5.92 Å². The first kappa shape index (κ1) is 23.7. The first-order valence-corrected chi connectivity index (χ1v) is 11.9. The zero-order valence-electron chi connectivity index (χ0n) is 20.1. The van der Waals surface area contributed by atoms with E-state index >= 15 is 0 Å². The predicted octanol–water partition coefficient (Wildman–Crippen LogP) is 1.89. The van der Waals surface area contributed by atoms with Gasteiger partial charge in [-0.25, -0.2) is 4.68 Å². The quantitative estimate of drug-likeness (QED) is 0.325. The Labute approximate surface area is 207 Å². The lowest BCUT2D eigenvalue weighted by atomic mass is 9.82. The number of aryl methyl sites for hydroxylation is 1. The Bertz CT molecular complexity index is 1520. The van der Waals surface area contributed by atoms with Gasteiger partial charge in [0.2, 0.25) is 0 Å². The Hall–Kier alpha value is -4.02. The van der Waals surface area contributed by atoms with Crippen LogP contribution in [0.3, 0.4) is 0 Å². The van der Waals surface area contributed by atoms with Crippen LogP contribution in [-0.2, 0) is 23.4 Å². The Morgan fingerprint density at radius 1 is 1.19 bits per heavy atom. The van der Waals surface area contributed by atoms with Gasteiger partial charge in [-0.05, 0) is 36.8 Å². The zero-order valence-corrected chi connectivity index (χ0v) is 20.1. The molecule has 1 aliphatic rings. The molecule has 2 atom stereocenters. The highest BCUT2D eigenvalue weighted by Crippen LogP contribution is 2.45. The molecule has 10 heteroatoms. The minimum Gasteiger partial charge on any atom is -0.396 e. The van der Waals surface area contributed by atoms with Crippen LogP contribution in [0.15, 0.2) is 65.6 Å². The van der Waals surface area contributed by atoms with E-state index < -0.39 is 17.4 Å². The van der Waals surface area contributed by atoms with Gasteiger partial charge in [-0.3, -0.25) is 19.4 Å². The number of allylic oxidation sites excluding steroid dienone is 1. The molecule has 36 heavy (non-hydrogen) atoms. The smallest absolute Gasteiger partial charge is 0.279 e. The van der Waals surface area contributed by atoms with E-state index in [9.17, 15) is 14.7 Å². The molecule has 10 nitrogen and oxygen atoms in total. The fraction of sp³-hybridized carbons (Fsp3) is 0.308. The summed E-state index contributed by atoms with van der Waals surface area (Å²) >= 11 is 0. The number of aromatic nitrogens is 5. The summed E-state index contributed by atoms with van der Waals surface area (Å²) in [6.07, 6.45) is 6.62. The van der Waals surface area contributed by atoms with E-state index in [0.29, 0.717) is 47.2 Å². The minimum atomic E-state index is -1.77. The van der Waals surface area contributed by atoms with Crippen LogP contribution in [0, 0.1) is 5.92 Å². The highest BCUT2D eigenvalue weighted by atomic mass is 16.3. The first-order valence-electron chi connectivity index (χ1n) is 11.9. The number of hydrogen-bond donors (Lipinski definition) is 3. The summed E-state index contributed by atoms with van der Waals surface area (Å²) in [4.78, 5) is 27.6. The predicted molar refractivity (Wildman–Crippen MR) is 135 cm³/mol. The molecule has 0 spiro atoms. The number of nitrogens with zero attached hydrogens (tertiary/aromatic N) is 5. The number of likely N-dealkylation sites (N-methyl/N-ethyl adjacent to an activating group) is 1. The second-order valence-corrected chi connectivity index (χ2v) is 9.08. The van der Waals surface area contributed by atoms with Crippen molar-refractivity contribution >= 4 is 22.5 Å². The highest BCUT2D eigenvalue weighted by molar-refractivity contribution is 6.07. The van der Waals surface area contributed by atoms with Crippen LogP contribution in [0.1, 0.15) is 24.6 Å². The van der Waals surface area contributed by atoms with Gasteiger partial charge in [0, 0.05) is 44.3 Å². The largest absolute Gasteiger partial charge is 0.396 e. The molecule has 2 aromatic carbocycles. The van der Waals surface area contributed by atoms with E-state index in [1.807, 2.05) is 30.4 Å². The molecule has 0 unspecified atom stereocenters. The number of aliphatic hydroxyl groups is 2. The number of anilines is 1. The summed E-state index contributed by atoms with van der Waals surface area (Å²) in [5.74, 6) is -0.940. The van der Waals surface area contributed by atoms with E-state index in [0.717, 1.165) is 5.69 Å². The van der Waals surface area contributed by atoms with Gasteiger partial charge in [0.15, 0.2) is 5.60 Å². The number of carbonyl (C=O) groups is 1. The average molecular weight is 489 g/mol. The highest BCUT2D eigenvalue weighted by Gasteiger charge is 2.51. The van der Waals surface area contributed by atoms with E-state index in [4.69, 9.17) is 5.11 Å². The van der Waals surface area contributed by atoms with Crippen molar-refractivity contribution in [3.8, 4) is 5.69 Å². The lowest BCUT2D eigenvalue weighted by Gasteiger charge is -2.27. The maximum Gasteiger partial charge on any atom is 0.279 e. The van der Waals surface area contributed by atoms with Crippen LogP contribution in [-0.4, -0.2) is 54.5 Å². The molecule has 0 saturated heterocycles. The Morgan fingerprint density at radius 3 is 2.78 bits per heavy atom. The molecule has 3 N–H and O–H groups in total. The fourth-order valence-corrected chi connectivity index (χ4v) is 4.75. The van der Waals surface area contributed by atoms with Crippen LogP contribution in [0.25, 0.3) is 16.6 Å². The Balaban J connectivity index is 1.41. The molecule has 0 saturated carbocycles. The number of amides is 1. The molecule has 1 aliphatic heterocycles. The topological polar surface area (TPSA) is 129 Å². The van der Waals surface area contributed by atoms with Crippen LogP contribution in [0.5, 0.6) is 0 Å². The molecule has 4 aromatic rings. The van der Waals surface area contributed by atoms with E-state index in [1.54, 1.807) is 49.1 Å². The number of H-pyrrole nitrogens is 1. The molecular weight excluding hydrogens is 460 g/mol. The van der Waals surface area contributed by atoms with Crippen LogP contribution in [0.4, 0.5) is 5.69 Å². The number of aliphatic hydroxyl groups excluding tert-OH is 1. The molecule has 0 radical (unpaired) electrons. The summed E-state index contributed by atoms with van der Waals surface area (Å²) in [6.45, 7) is 2.40. The standard InChI is InChI=1S/C26H28N6O4/c1-17(7-5-6-13-31-16-18(12-14-33)27-29-31)26(36)21-15-19(10-11-23(21)30(2)25(26)35)32-24(34)20-8-3-4-9-22(20)28-32/h3-5,7-11,15-17,28,33,36H,6,12-14H2,1-2H3/b7-5+/t17-,26+/m0/s1. The zero-order chi connectivity index (χ0) is 25.4. The molecule has 5 rings (SSSR count). The second kappa shape index (κ2) is 9.21. The normalized spacial score (nSPS) is 18.4. The number of hydrogen-bond acceptors (Lipinski definition) is 6. The van der Waals surface area contributed by atoms with E-state index in [2.05, 4.69) is 15.4 Å². The number of aromatic amines is 1. The summed E-state index contributed by atoms with van der Waals surface area (Å²) in [6, 6.07) is 12.5. The third-order valence-electron chi connectivity index (χ3n) is 6.80. The third-order valence-corrected chi connectivity index (χ3v) is 6.80. The molecule has 0 aliphatic carbocycles. The summed E-state index contributed by atoms with van der Waals surface area (Å²) in [7, 11) is 1.64. The van der Waals surface area contributed by atoms with Crippen molar-refractivity contribution in [3.63, 3.8) is 0 Å². The molecular formula is C26H28N6O4. The number of fused-ring (bicyclic) bond motifs is 2. The molecule has 1 amide bonds. The van der Waals surface area contributed by atoms with Gasteiger partial charge >= 0.3 is 0 Å². The Kier molecular flexibility index (Phi) is 6.07. The summed E-state index contributed by atoms with van der Waals surface area (Å²) < 4.78 is 3.13. The minimum absolute atomic E-state index is 0.0231. The fourth-order valence-electron chi connectivity index (χ4n) is 4.75. The van der Waals surface area contributed by atoms with Crippen LogP contribution < -0.4 is 10.5 Å². The number of rotatable bonds is 8.